The molecule has 8 nitrogen and oxygen atoms in total. The van der Waals surface area contributed by atoms with Crippen molar-refractivity contribution in [3.05, 3.63) is 52.6 Å². The summed E-state index contributed by atoms with van der Waals surface area (Å²) in [5, 5.41) is 14.6. The van der Waals surface area contributed by atoms with E-state index in [0.717, 1.165) is 81.2 Å². The lowest BCUT2D eigenvalue weighted by Crippen LogP contribution is -2.40. The zero-order valence-corrected chi connectivity index (χ0v) is 25.0. The lowest BCUT2D eigenvalue weighted by molar-refractivity contribution is -0.147. The number of nitrogens with zero attached hydrogens (tertiary/aromatic N) is 7. The Morgan fingerprint density at radius 2 is 1.77 bits per heavy atom. The van der Waals surface area contributed by atoms with Gasteiger partial charge in [0.05, 0.1) is 12.2 Å². The van der Waals surface area contributed by atoms with E-state index in [9.17, 15) is 18.4 Å². The molecule has 2 fully saturated rings. The molecule has 2 aromatic heterocycles. The molecule has 0 radical (unpaired) electrons. The summed E-state index contributed by atoms with van der Waals surface area (Å²) < 4.78 is 40.8. The number of likely N-dealkylation sites (tertiary alicyclic amines) is 2. The number of hydrogen-bond donors (Lipinski definition) is 1. The van der Waals surface area contributed by atoms with Crippen LogP contribution in [-0.4, -0.2) is 87.3 Å². The minimum Gasteiger partial charge on any atom is -0.367 e. The number of anilines is 1. The molecule has 0 aliphatic carbocycles. The van der Waals surface area contributed by atoms with Crippen molar-refractivity contribution in [3.8, 4) is 6.07 Å². The van der Waals surface area contributed by atoms with Crippen molar-refractivity contribution in [2.75, 3.05) is 51.1 Å². The van der Waals surface area contributed by atoms with E-state index in [1.165, 1.54) is 47.0 Å². The number of rotatable bonds is 8. The normalized spacial score (nSPS) is 19.4. The molecule has 5 heterocycles. The van der Waals surface area contributed by atoms with Gasteiger partial charge in [0.1, 0.15) is 23.9 Å². The fourth-order valence-corrected chi connectivity index (χ4v) is 7.04. The van der Waals surface area contributed by atoms with Crippen molar-refractivity contribution in [3.63, 3.8) is 0 Å². The third-order valence-electron chi connectivity index (χ3n) is 9.48. The van der Waals surface area contributed by atoms with E-state index in [1.807, 2.05) is 0 Å². The van der Waals surface area contributed by atoms with Crippen molar-refractivity contribution < 1.29 is 13.2 Å². The number of piperidine rings is 2. The Hall–Kier alpha value is -3.20. The van der Waals surface area contributed by atoms with Gasteiger partial charge in [-0.3, -0.25) is 9.80 Å². The zero-order chi connectivity index (χ0) is 30.0. The lowest BCUT2D eigenvalue weighted by atomic mass is 10.00. The summed E-state index contributed by atoms with van der Waals surface area (Å²) in [5.41, 5.74) is 6.07. The molecular formula is C32H41F3N8. The van der Waals surface area contributed by atoms with Crippen LogP contribution in [-0.2, 0) is 26.1 Å². The van der Waals surface area contributed by atoms with Crippen molar-refractivity contribution in [1.29, 1.82) is 5.26 Å². The summed E-state index contributed by atoms with van der Waals surface area (Å²) in [6, 6.07) is 9.17. The molecule has 3 aliphatic heterocycles. The van der Waals surface area contributed by atoms with Gasteiger partial charge in [0.25, 0.3) is 0 Å². The van der Waals surface area contributed by atoms with E-state index in [0.29, 0.717) is 18.7 Å². The molecule has 230 valence electrons. The van der Waals surface area contributed by atoms with Crippen LogP contribution < -0.4 is 5.32 Å². The van der Waals surface area contributed by atoms with E-state index < -0.39 is 12.7 Å². The predicted molar refractivity (Wildman–Crippen MR) is 161 cm³/mol. The molecular weight excluding hydrogens is 553 g/mol. The second-order valence-corrected chi connectivity index (χ2v) is 12.4. The highest BCUT2D eigenvalue weighted by Crippen LogP contribution is 2.29. The number of benzene rings is 1. The molecule has 1 aromatic carbocycles. The summed E-state index contributed by atoms with van der Waals surface area (Å²) in [7, 11) is 0. The molecule has 1 N–H and O–H groups in total. The zero-order valence-electron chi connectivity index (χ0n) is 25.0. The number of halogens is 3. The van der Waals surface area contributed by atoms with E-state index in [4.69, 9.17) is 0 Å². The molecule has 0 saturated carbocycles. The van der Waals surface area contributed by atoms with Crippen molar-refractivity contribution in [2.45, 2.75) is 77.3 Å². The van der Waals surface area contributed by atoms with Gasteiger partial charge in [-0.25, -0.2) is 9.97 Å². The SMILES string of the molecule is Cc1c(CN2CCC(Nc3ncnc4c3CCN(CC(F)(F)F)C4)CC2)ccc2c1cc(C#N)n2CCN1CCCCC1. The maximum atomic E-state index is 12.9. The Balaban J connectivity index is 1.06. The first kappa shape index (κ1) is 29.9. The first-order valence-electron chi connectivity index (χ1n) is 15.6. The van der Waals surface area contributed by atoms with E-state index in [-0.39, 0.29) is 12.6 Å². The van der Waals surface area contributed by atoms with Crippen LogP contribution in [0.2, 0.25) is 0 Å². The van der Waals surface area contributed by atoms with Crippen molar-refractivity contribution in [1.82, 2.24) is 29.2 Å². The van der Waals surface area contributed by atoms with Gasteiger partial charge in [0.15, 0.2) is 0 Å². The largest absolute Gasteiger partial charge is 0.401 e. The number of hydrogen-bond acceptors (Lipinski definition) is 7. The van der Waals surface area contributed by atoms with Gasteiger partial charge in [0, 0.05) is 68.3 Å². The monoisotopic (exact) mass is 594 g/mol. The van der Waals surface area contributed by atoms with Crippen LogP contribution >= 0.6 is 0 Å². The van der Waals surface area contributed by atoms with Gasteiger partial charge >= 0.3 is 6.18 Å². The number of aromatic nitrogens is 3. The maximum Gasteiger partial charge on any atom is 0.401 e. The van der Waals surface area contributed by atoms with Gasteiger partial charge in [-0.1, -0.05) is 12.5 Å². The summed E-state index contributed by atoms with van der Waals surface area (Å²) in [6.45, 7) is 8.72. The highest BCUT2D eigenvalue weighted by atomic mass is 19.4. The van der Waals surface area contributed by atoms with Gasteiger partial charge in [-0.15, -0.1) is 0 Å². The Morgan fingerprint density at radius 3 is 2.51 bits per heavy atom. The molecule has 6 rings (SSSR count). The van der Waals surface area contributed by atoms with Gasteiger partial charge < -0.3 is 14.8 Å². The second-order valence-electron chi connectivity index (χ2n) is 12.4. The quantitative estimate of drug-likeness (QED) is 0.389. The van der Waals surface area contributed by atoms with Crippen LogP contribution in [0, 0.1) is 18.3 Å². The number of nitrogens with one attached hydrogen (secondary N) is 1. The van der Waals surface area contributed by atoms with Crippen LogP contribution in [0.4, 0.5) is 19.0 Å². The Labute approximate surface area is 251 Å². The van der Waals surface area contributed by atoms with Crippen LogP contribution in [0.3, 0.4) is 0 Å². The number of alkyl halides is 3. The van der Waals surface area contributed by atoms with Crippen molar-refractivity contribution >= 4 is 16.7 Å². The standard InChI is InChI=1S/C32H41F3N8/c1-23-24(5-6-30-28(23)17-26(18-36)43(30)16-15-40-10-3-2-4-11-40)19-41-12-7-25(8-13-41)39-31-27-9-14-42(21-32(33,34)35)20-29(27)37-22-38-31/h5-6,17,22,25H,2-4,7-16,19-21H2,1H3,(H,37,38,39). The molecule has 11 heteroatoms. The van der Waals surface area contributed by atoms with Crippen LogP contribution in [0.5, 0.6) is 0 Å². The molecule has 0 unspecified atom stereocenters. The van der Waals surface area contributed by atoms with Crippen LogP contribution in [0.1, 0.15) is 60.2 Å². The number of aryl methyl sites for hydroxylation is 1. The Kier molecular flexibility index (Phi) is 8.89. The third-order valence-corrected chi connectivity index (χ3v) is 9.48. The number of nitriles is 1. The van der Waals surface area contributed by atoms with Crippen molar-refractivity contribution in [2.24, 2.45) is 0 Å². The average molecular weight is 595 g/mol. The summed E-state index contributed by atoms with van der Waals surface area (Å²) in [5.74, 6) is 0.773. The molecule has 3 aromatic rings. The fourth-order valence-electron chi connectivity index (χ4n) is 7.04. The third kappa shape index (κ3) is 6.97. The van der Waals surface area contributed by atoms with Gasteiger partial charge in [-0.05, 0) is 75.4 Å². The molecule has 0 bridgehead atoms. The average Bonchev–Trinajstić information content (AvgIpc) is 3.36. The molecule has 43 heavy (non-hydrogen) atoms. The van der Waals surface area contributed by atoms with Gasteiger partial charge in [0.2, 0.25) is 0 Å². The maximum absolute atomic E-state index is 12.9. The van der Waals surface area contributed by atoms with Gasteiger partial charge in [-0.2, -0.15) is 18.4 Å². The minimum absolute atomic E-state index is 0.200. The van der Waals surface area contributed by atoms with E-state index in [1.54, 1.807) is 0 Å². The molecule has 0 atom stereocenters. The summed E-state index contributed by atoms with van der Waals surface area (Å²) >= 11 is 0. The first-order chi connectivity index (χ1) is 20.8. The lowest BCUT2D eigenvalue weighted by Gasteiger charge is -2.34. The molecule has 2 saturated heterocycles. The summed E-state index contributed by atoms with van der Waals surface area (Å²) in [6.07, 6.45) is 3.56. The van der Waals surface area contributed by atoms with Crippen LogP contribution in [0.15, 0.2) is 24.5 Å². The van der Waals surface area contributed by atoms with E-state index >= 15 is 0 Å². The fraction of sp³-hybridized carbons (Fsp3) is 0.594. The highest BCUT2D eigenvalue weighted by Gasteiger charge is 2.33. The molecule has 3 aliphatic rings. The Bertz CT molecular complexity index is 1460. The highest BCUT2D eigenvalue weighted by molar-refractivity contribution is 5.86. The predicted octanol–water partition coefficient (Wildman–Crippen LogP) is 5.09. The molecule has 0 amide bonds. The number of fused-ring (bicyclic) bond motifs is 2. The molecule has 0 spiro atoms. The smallest absolute Gasteiger partial charge is 0.367 e. The van der Waals surface area contributed by atoms with E-state index in [2.05, 4.69) is 60.8 Å². The Morgan fingerprint density at radius 1 is 0.977 bits per heavy atom. The topological polar surface area (TPSA) is 76.2 Å². The minimum atomic E-state index is -4.21. The second kappa shape index (κ2) is 12.8. The first-order valence-corrected chi connectivity index (χ1v) is 15.6. The summed E-state index contributed by atoms with van der Waals surface area (Å²) in [4.78, 5) is 15.2. The van der Waals surface area contributed by atoms with Crippen LogP contribution in [0.25, 0.3) is 10.9 Å².